The summed E-state index contributed by atoms with van der Waals surface area (Å²) in [6.07, 6.45) is 0. The summed E-state index contributed by atoms with van der Waals surface area (Å²) in [5.74, 6) is 0.833. The standard InChI is InChI=1S/C20H20O7/c1-23-13-6-4-12(5-7-13)10-26-11-14-8-15-16(20(21)22)9-17(24-2)19(25-3)18(15)27-14/h4-9H,10-11H2,1-3H3,(H,21,22). The van der Waals surface area contributed by atoms with Crippen LogP contribution in [0.3, 0.4) is 0 Å². The minimum absolute atomic E-state index is 0.0767. The van der Waals surface area contributed by atoms with Gasteiger partial charge in [0.15, 0.2) is 11.3 Å². The monoisotopic (exact) mass is 372 g/mol. The van der Waals surface area contributed by atoms with Gasteiger partial charge >= 0.3 is 5.97 Å². The molecule has 0 unspecified atom stereocenters. The molecule has 0 aliphatic rings. The van der Waals surface area contributed by atoms with E-state index in [0.717, 1.165) is 11.3 Å². The van der Waals surface area contributed by atoms with Gasteiger partial charge < -0.3 is 28.5 Å². The third kappa shape index (κ3) is 3.83. The molecular formula is C20H20O7. The highest BCUT2D eigenvalue weighted by Crippen LogP contribution is 2.39. The van der Waals surface area contributed by atoms with Crippen LogP contribution in [0.1, 0.15) is 21.7 Å². The summed E-state index contributed by atoms with van der Waals surface area (Å²) in [4.78, 5) is 11.6. The first-order valence-electron chi connectivity index (χ1n) is 8.18. The molecule has 1 heterocycles. The SMILES string of the molecule is COc1ccc(COCc2cc3c(C(=O)O)cc(OC)c(OC)c3o2)cc1. The topological polar surface area (TPSA) is 87.4 Å². The number of methoxy groups -OCH3 is 3. The third-order valence-electron chi connectivity index (χ3n) is 4.11. The normalized spacial score (nSPS) is 10.8. The minimum Gasteiger partial charge on any atom is -0.497 e. The molecule has 7 heteroatoms. The van der Waals surface area contributed by atoms with E-state index in [0.29, 0.717) is 34.8 Å². The molecule has 0 saturated carbocycles. The van der Waals surface area contributed by atoms with Gasteiger partial charge in [-0.15, -0.1) is 0 Å². The quantitative estimate of drug-likeness (QED) is 0.642. The highest BCUT2D eigenvalue weighted by molar-refractivity contribution is 6.05. The Morgan fingerprint density at radius 3 is 2.33 bits per heavy atom. The second kappa shape index (κ2) is 8.01. The third-order valence-corrected chi connectivity index (χ3v) is 4.11. The van der Waals surface area contributed by atoms with Gasteiger partial charge in [-0.25, -0.2) is 4.79 Å². The van der Waals surface area contributed by atoms with Gasteiger partial charge in [-0.3, -0.25) is 0 Å². The summed E-state index contributed by atoms with van der Waals surface area (Å²) in [6, 6.07) is 10.6. The number of fused-ring (bicyclic) bond motifs is 1. The molecule has 3 aromatic rings. The minimum atomic E-state index is -1.08. The van der Waals surface area contributed by atoms with Gasteiger partial charge in [0.05, 0.1) is 33.5 Å². The van der Waals surface area contributed by atoms with Crippen molar-refractivity contribution in [3.8, 4) is 17.2 Å². The first-order valence-corrected chi connectivity index (χ1v) is 8.18. The molecule has 2 aromatic carbocycles. The van der Waals surface area contributed by atoms with Crippen molar-refractivity contribution in [3.63, 3.8) is 0 Å². The van der Waals surface area contributed by atoms with Gasteiger partial charge in [0.2, 0.25) is 5.75 Å². The lowest BCUT2D eigenvalue weighted by Gasteiger charge is -2.09. The van der Waals surface area contributed by atoms with E-state index in [1.807, 2.05) is 24.3 Å². The Kier molecular flexibility index (Phi) is 5.52. The predicted octanol–water partition coefficient (Wildman–Crippen LogP) is 3.87. The molecule has 3 rings (SSSR count). The lowest BCUT2D eigenvalue weighted by molar-refractivity contribution is 0.0698. The summed E-state index contributed by atoms with van der Waals surface area (Å²) in [7, 11) is 4.53. The van der Waals surface area contributed by atoms with Crippen molar-refractivity contribution in [2.45, 2.75) is 13.2 Å². The predicted molar refractivity (Wildman–Crippen MR) is 97.8 cm³/mol. The van der Waals surface area contributed by atoms with Gasteiger partial charge in [-0.1, -0.05) is 12.1 Å². The van der Waals surface area contributed by atoms with Crippen LogP contribution in [0.25, 0.3) is 11.0 Å². The number of ether oxygens (including phenoxy) is 4. The summed E-state index contributed by atoms with van der Waals surface area (Å²) in [6.45, 7) is 0.568. The van der Waals surface area contributed by atoms with Crippen LogP contribution >= 0.6 is 0 Å². The van der Waals surface area contributed by atoms with Crippen LogP contribution in [0.4, 0.5) is 0 Å². The van der Waals surface area contributed by atoms with E-state index < -0.39 is 5.97 Å². The molecule has 1 N–H and O–H groups in total. The molecule has 0 fully saturated rings. The van der Waals surface area contributed by atoms with E-state index in [1.165, 1.54) is 20.3 Å². The van der Waals surface area contributed by atoms with Crippen molar-refractivity contribution < 1.29 is 33.3 Å². The Labute approximate surface area is 156 Å². The molecule has 0 bridgehead atoms. The zero-order valence-electron chi connectivity index (χ0n) is 15.3. The Bertz CT molecular complexity index is 941. The van der Waals surface area contributed by atoms with Crippen LogP contribution < -0.4 is 14.2 Å². The highest BCUT2D eigenvalue weighted by atomic mass is 16.5. The maximum atomic E-state index is 11.6. The Morgan fingerprint density at radius 2 is 1.74 bits per heavy atom. The molecule has 0 amide bonds. The molecule has 0 saturated heterocycles. The lowest BCUT2D eigenvalue weighted by Crippen LogP contribution is -1.99. The summed E-state index contributed by atoms with van der Waals surface area (Å²) >= 11 is 0. The van der Waals surface area contributed by atoms with Crippen molar-refractivity contribution in [1.82, 2.24) is 0 Å². The molecule has 1 aromatic heterocycles. The van der Waals surface area contributed by atoms with Gasteiger partial charge in [0, 0.05) is 5.39 Å². The van der Waals surface area contributed by atoms with Gasteiger partial charge in [-0.05, 0) is 29.8 Å². The van der Waals surface area contributed by atoms with Crippen LogP contribution in [0.15, 0.2) is 40.8 Å². The molecule has 142 valence electrons. The van der Waals surface area contributed by atoms with E-state index in [1.54, 1.807) is 13.2 Å². The molecule has 0 spiro atoms. The number of rotatable bonds is 8. The molecule has 0 atom stereocenters. The second-order valence-electron chi connectivity index (χ2n) is 5.76. The van der Waals surface area contributed by atoms with Crippen LogP contribution in [-0.2, 0) is 18.0 Å². The van der Waals surface area contributed by atoms with E-state index in [9.17, 15) is 9.90 Å². The number of aromatic carboxylic acids is 1. The molecule has 7 nitrogen and oxygen atoms in total. The van der Waals surface area contributed by atoms with Crippen LogP contribution in [0.5, 0.6) is 17.2 Å². The first kappa shape index (κ1) is 18.6. The fraction of sp³-hybridized carbons (Fsp3) is 0.250. The smallest absolute Gasteiger partial charge is 0.336 e. The van der Waals surface area contributed by atoms with Crippen molar-refractivity contribution >= 4 is 16.9 Å². The van der Waals surface area contributed by atoms with E-state index in [4.69, 9.17) is 23.4 Å². The van der Waals surface area contributed by atoms with Gasteiger partial charge in [0.1, 0.15) is 18.1 Å². The molecule has 0 aliphatic carbocycles. The number of hydrogen-bond donors (Lipinski definition) is 1. The van der Waals surface area contributed by atoms with Gasteiger partial charge in [0.25, 0.3) is 0 Å². The Morgan fingerprint density at radius 1 is 1.00 bits per heavy atom. The number of carbonyl (C=O) groups is 1. The number of carboxylic acids is 1. The van der Waals surface area contributed by atoms with Crippen molar-refractivity contribution in [1.29, 1.82) is 0 Å². The summed E-state index contributed by atoms with van der Waals surface area (Å²) in [5, 5.41) is 9.90. The second-order valence-corrected chi connectivity index (χ2v) is 5.76. The van der Waals surface area contributed by atoms with Gasteiger partial charge in [-0.2, -0.15) is 0 Å². The molecule has 0 radical (unpaired) electrons. The zero-order valence-corrected chi connectivity index (χ0v) is 15.3. The molecule has 0 aliphatic heterocycles. The maximum Gasteiger partial charge on any atom is 0.336 e. The van der Waals surface area contributed by atoms with Crippen molar-refractivity contribution in [2.24, 2.45) is 0 Å². The average Bonchev–Trinajstić information content (AvgIpc) is 3.10. The molecule has 27 heavy (non-hydrogen) atoms. The lowest BCUT2D eigenvalue weighted by atomic mass is 10.1. The maximum absolute atomic E-state index is 11.6. The zero-order chi connectivity index (χ0) is 19.4. The van der Waals surface area contributed by atoms with E-state index >= 15 is 0 Å². The molecular weight excluding hydrogens is 352 g/mol. The van der Waals surface area contributed by atoms with E-state index in [2.05, 4.69) is 0 Å². The highest BCUT2D eigenvalue weighted by Gasteiger charge is 2.21. The average molecular weight is 372 g/mol. The van der Waals surface area contributed by atoms with E-state index in [-0.39, 0.29) is 12.2 Å². The number of hydrogen-bond acceptors (Lipinski definition) is 6. The number of carboxylic acid groups (broad SMARTS) is 1. The fourth-order valence-corrected chi connectivity index (χ4v) is 2.78. The van der Waals surface area contributed by atoms with Crippen LogP contribution in [-0.4, -0.2) is 32.4 Å². The van der Waals surface area contributed by atoms with Crippen molar-refractivity contribution in [2.75, 3.05) is 21.3 Å². The number of benzene rings is 2. The first-order chi connectivity index (χ1) is 13.1. The fourth-order valence-electron chi connectivity index (χ4n) is 2.78. The van der Waals surface area contributed by atoms with Crippen LogP contribution in [0.2, 0.25) is 0 Å². The van der Waals surface area contributed by atoms with Crippen molar-refractivity contribution in [3.05, 3.63) is 53.3 Å². The Balaban J connectivity index is 1.82. The summed E-state index contributed by atoms with van der Waals surface area (Å²) < 4.78 is 27.1. The van der Waals surface area contributed by atoms with Crippen LogP contribution in [0, 0.1) is 0 Å². The number of furan rings is 1. The largest absolute Gasteiger partial charge is 0.497 e. The Hall–Kier alpha value is -3.19. The summed E-state index contributed by atoms with van der Waals surface area (Å²) in [5.41, 5.74) is 1.38.